The molecule has 3 saturated heterocycles. The van der Waals surface area contributed by atoms with Crippen LogP contribution in [0.4, 0.5) is 0 Å². The van der Waals surface area contributed by atoms with E-state index < -0.39 is 17.9 Å². The van der Waals surface area contributed by atoms with Gasteiger partial charge in [-0.1, -0.05) is 213 Å². The molecule has 0 bridgehead atoms. The fraction of sp³-hybridized carbons (Fsp3) is 0.953. The van der Waals surface area contributed by atoms with E-state index in [2.05, 4.69) is 101 Å². The number of hydrogen-bond acceptors (Lipinski definition) is 12. The molecule has 77 heavy (non-hydrogen) atoms. The normalized spacial score (nSPS) is 20.1. The summed E-state index contributed by atoms with van der Waals surface area (Å²) < 4.78 is 1.43. The maximum atomic E-state index is 11.0. The van der Waals surface area contributed by atoms with Crippen molar-refractivity contribution in [2.45, 2.75) is 346 Å². The van der Waals surface area contributed by atoms with Crippen LogP contribution < -0.4 is 15.3 Å². The standard InChI is InChI=1S/3C20H38O2S2.C4H9.Sn/c3*1-2-3-4-5-6-10-13-18-19(24-18)14-11-8-7-9-12-17(15-16-23)20(21)22;1-3-4-2;/h3*17-19,23H,2-16H2,1H3,(H,21,22);1,3-4H2,2H3;/q;;;;+3/p-3. The Morgan fingerprint density at radius 3 is 0.688 bits per heavy atom. The zero-order valence-electron chi connectivity index (χ0n) is 50.2. The Balaban J connectivity index is 0.00000107. The molecule has 3 heterocycles. The third-order valence-electron chi connectivity index (χ3n) is 15.9. The molecule has 3 fully saturated rings. The number of carbonyl (C=O) groups is 3. The molecule has 0 aromatic carbocycles. The first kappa shape index (κ1) is 78.3. The Hall–Kier alpha value is 1.31. The molecular weight excluding hydrogens is 1180 g/mol. The summed E-state index contributed by atoms with van der Waals surface area (Å²) in [4.78, 5) is 32.9. The first-order valence-electron chi connectivity index (χ1n) is 32.5. The van der Waals surface area contributed by atoms with Gasteiger partial charge in [0.2, 0.25) is 0 Å². The minimum atomic E-state index is -0.893. The van der Waals surface area contributed by atoms with Crippen LogP contribution in [0.2, 0.25) is 4.44 Å². The van der Waals surface area contributed by atoms with Gasteiger partial charge in [-0.25, -0.2) is 0 Å². The van der Waals surface area contributed by atoms with E-state index in [4.69, 9.17) is 0 Å². The van der Waals surface area contributed by atoms with Crippen LogP contribution in [0.25, 0.3) is 0 Å². The number of aliphatic carboxylic acids is 3. The van der Waals surface area contributed by atoms with Gasteiger partial charge in [0, 0.05) is 49.4 Å². The SMILES string of the molecule is CCCCCCCCC1SC1CCCCCCC(CCS)C(=O)[O-].CCCCCCCCC1SC1CCCCCCC(CCS)C(=O)[O-].CCCCCCCCC1SC1CCCCCCC(CCS)C(=O)[O-].CCC[CH2][Sn+3]. The van der Waals surface area contributed by atoms with Gasteiger partial charge in [-0.15, -0.1) is 0 Å². The molecule has 0 aliphatic carbocycles. The predicted octanol–water partition coefficient (Wildman–Crippen LogP) is 17.1. The van der Waals surface area contributed by atoms with Crippen molar-refractivity contribution in [3.05, 3.63) is 0 Å². The van der Waals surface area contributed by atoms with Gasteiger partial charge in [0.15, 0.2) is 0 Å². The maximum absolute atomic E-state index is 11.0. The van der Waals surface area contributed by atoms with Gasteiger partial charge in [0.05, 0.1) is 0 Å². The number of unbranched alkanes of at least 4 members (excludes halogenated alkanes) is 25. The molecule has 3 aliphatic heterocycles. The molecule has 0 aromatic heterocycles. The van der Waals surface area contributed by atoms with Crippen LogP contribution in [0.15, 0.2) is 0 Å². The van der Waals surface area contributed by atoms with Crippen molar-refractivity contribution in [3.8, 4) is 0 Å². The van der Waals surface area contributed by atoms with E-state index in [1.54, 1.807) is 22.5 Å². The molecule has 452 valence electrons. The van der Waals surface area contributed by atoms with Gasteiger partial charge >= 0.3 is 46.7 Å². The quantitative estimate of drug-likeness (QED) is 0.0237. The zero-order valence-corrected chi connectivity index (χ0v) is 58.1. The average molecular weight is 1300 g/mol. The van der Waals surface area contributed by atoms with E-state index in [1.165, 1.54) is 210 Å². The van der Waals surface area contributed by atoms with Crippen molar-refractivity contribution in [3.63, 3.8) is 0 Å². The van der Waals surface area contributed by atoms with Crippen molar-refractivity contribution in [1.82, 2.24) is 0 Å². The van der Waals surface area contributed by atoms with Gasteiger partial charge in [0.1, 0.15) is 0 Å². The van der Waals surface area contributed by atoms with Crippen molar-refractivity contribution < 1.29 is 29.7 Å². The van der Waals surface area contributed by atoms with Gasteiger partial charge in [-0.2, -0.15) is 73.2 Å². The fourth-order valence-corrected chi connectivity index (χ4v) is 16.1. The molecule has 9 atom stereocenters. The van der Waals surface area contributed by atoms with Crippen LogP contribution in [0.1, 0.15) is 310 Å². The molecule has 13 heteroatoms. The van der Waals surface area contributed by atoms with Crippen LogP contribution >= 0.6 is 73.2 Å². The second-order valence-corrected chi connectivity index (χ2v) is 30.2. The summed E-state index contributed by atoms with van der Waals surface area (Å²) >= 11 is 20.6. The summed E-state index contributed by atoms with van der Waals surface area (Å²) in [5, 5.41) is 38.5. The topological polar surface area (TPSA) is 120 Å². The molecule has 0 N–H and O–H groups in total. The number of carbonyl (C=O) groups excluding carboxylic acids is 3. The van der Waals surface area contributed by atoms with Crippen molar-refractivity contribution in [2.24, 2.45) is 17.8 Å². The molecule has 0 radical (unpaired) electrons. The Morgan fingerprint density at radius 1 is 0.325 bits per heavy atom. The summed E-state index contributed by atoms with van der Waals surface area (Å²) in [5.41, 5.74) is 0. The first-order chi connectivity index (χ1) is 37.5. The van der Waals surface area contributed by atoms with Crippen molar-refractivity contribution in [2.75, 3.05) is 17.3 Å². The van der Waals surface area contributed by atoms with Crippen LogP contribution in [0.3, 0.4) is 0 Å². The molecule has 3 aliphatic rings. The summed E-state index contributed by atoms with van der Waals surface area (Å²) in [6, 6.07) is 0. The van der Waals surface area contributed by atoms with Gasteiger partial charge < -0.3 is 29.7 Å². The summed E-state index contributed by atoms with van der Waals surface area (Å²) in [6.45, 7) is 9.05. The molecule has 0 spiro atoms. The predicted molar refractivity (Wildman–Crippen MR) is 349 cm³/mol. The van der Waals surface area contributed by atoms with E-state index >= 15 is 0 Å². The number of thiol groups is 3. The third kappa shape index (κ3) is 50.4. The second-order valence-electron chi connectivity index (χ2n) is 23.0. The van der Waals surface area contributed by atoms with E-state index in [0.29, 0.717) is 36.5 Å². The molecule has 6 nitrogen and oxygen atoms in total. The van der Waals surface area contributed by atoms with E-state index in [9.17, 15) is 29.7 Å². The Bertz CT molecular complexity index is 1170. The zero-order chi connectivity index (χ0) is 57.0. The summed E-state index contributed by atoms with van der Waals surface area (Å²) in [7, 11) is 0. The number of rotatable bonds is 53. The van der Waals surface area contributed by atoms with Crippen LogP contribution in [0.5, 0.6) is 0 Å². The van der Waals surface area contributed by atoms with Crippen molar-refractivity contribution in [1.29, 1.82) is 0 Å². The number of carboxylic acid groups (broad SMARTS) is 3. The number of carboxylic acids is 3. The molecular formula is C64H120O6S6Sn. The minimum absolute atomic E-state index is 0.289. The second kappa shape index (κ2) is 57.7. The fourth-order valence-electron chi connectivity index (χ4n) is 10.5. The molecule has 0 amide bonds. The average Bonchev–Trinajstić information content (AvgIpc) is 4.36. The summed E-state index contributed by atoms with van der Waals surface area (Å²) in [6.07, 6.45) is 55.0. The van der Waals surface area contributed by atoms with E-state index in [-0.39, 0.29) is 17.8 Å². The first-order valence-corrected chi connectivity index (χ1v) is 39.3. The van der Waals surface area contributed by atoms with Crippen LogP contribution in [-0.4, -0.2) is 89.2 Å². The van der Waals surface area contributed by atoms with E-state index in [0.717, 1.165) is 89.3 Å². The molecule has 9 unspecified atom stereocenters. The Labute approximate surface area is 520 Å². The van der Waals surface area contributed by atoms with Gasteiger partial charge in [-0.05, 0) is 112 Å². The van der Waals surface area contributed by atoms with Crippen LogP contribution in [-0.2, 0) is 14.4 Å². The van der Waals surface area contributed by atoms with Crippen LogP contribution in [0, 0.1) is 17.8 Å². The monoisotopic (exact) mass is 1300 g/mol. The Kier molecular flexibility index (Phi) is 58.7. The number of thioether (sulfide) groups is 3. The molecule has 3 rings (SSSR count). The van der Waals surface area contributed by atoms with E-state index in [1.807, 2.05) is 0 Å². The number of hydrogen-bond donors (Lipinski definition) is 3. The van der Waals surface area contributed by atoms with Crippen molar-refractivity contribution >= 4 is 114 Å². The third-order valence-corrected chi connectivity index (χ3v) is 22.3. The summed E-state index contributed by atoms with van der Waals surface area (Å²) in [5.74, 6) is -1.63. The molecule has 0 saturated carbocycles. The molecule has 0 aromatic rings. The van der Waals surface area contributed by atoms with Gasteiger partial charge in [-0.3, -0.25) is 0 Å². The Morgan fingerprint density at radius 2 is 0.519 bits per heavy atom. The van der Waals surface area contributed by atoms with Gasteiger partial charge in [0.25, 0.3) is 0 Å².